The van der Waals surface area contributed by atoms with Crippen molar-refractivity contribution in [1.29, 1.82) is 0 Å². The van der Waals surface area contributed by atoms with Crippen LogP contribution in [0.5, 0.6) is 0 Å². The average Bonchev–Trinajstić information content (AvgIpc) is 2.24. The Labute approximate surface area is 102 Å². The van der Waals surface area contributed by atoms with Crippen LogP contribution in [0.3, 0.4) is 0 Å². The van der Waals surface area contributed by atoms with Crippen LogP contribution >= 0.6 is 23.2 Å². The summed E-state index contributed by atoms with van der Waals surface area (Å²) < 4.78 is 18.7. The summed E-state index contributed by atoms with van der Waals surface area (Å²) >= 11 is 11.8. The highest BCUT2D eigenvalue weighted by atomic mass is 35.5. The van der Waals surface area contributed by atoms with Gasteiger partial charge in [0, 0.05) is 23.4 Å². The Hall–Kier alpha value is -0.640. The van der Waals surface area contributed by atoms with Gasteiger partial charge in [0.2, 0.25) is 0 Å². The van der Waals surface area contributed by atoms with Crippen LogP contribution in [-0.2, 0) is 9.53 Å². The summed E-state index contributed by atoms with van der Waals surface area (Å²) in [5.41, 5.74) is 0.372. The van der Waals surface area contributed by atoms with Gasteiger partial charge in [0.1, 0.15) is 11.6 Å². The molecule has 1 aromatic carbocycles. The number of carbonyl (C=O) groups is 1. The van der Waals surface area contributed by atoms with Gasteiger partial charge in [-0.2, -0.15) is 0 Å². The molecule has 1 atom stereocenters. The van der Waals surface area contributed by atoms with Crippen molar-refractivity contribution in [2.24, 2.45) is 0 Å². The number of ketones is 1. The molecule has 2 rings (SSSR count). The molecule has 1 aromatic rings. The molecule has 0 aromatic heterocycles. The van der Waals surface area contributed by atoms with E-state index in [4.69, 9.17) is 27.9 Å². The van der Waals surface area contributed by atoms with E-state index >= 15 is 0 Å². The van der Waals surface area contributed by atoms with Gasteiger partial charge in [-0.1, -0.05) is 23.2 Å². The molecule has 1 aliphatic rings. The predicted octanol–water partition coefficient (Wildman–Crippen LogP) is 3.55. The van der Waals surface area contributed by atoms with E-state index in [1.807, 2.05) is 0 Å². The van der Waals surface area contributed by atoms with Crippen LogP contribution in [0.2, 0.25) is 10.0 Å². The Morgan fingerprint density at radius 2 is 2.12 bits per heavy atom. The molecule has 1 heterocycles. The molecule has 5 heteroatoms. The van der Waals surface area contributed by atoms with Crippen molar-refractivity contribution < 1.29 is 13.9 Å². The van der Waals surface area contributed by atoms with Crippen molar-refractivity contribution in [1.82, 2.24) is 0 Å². The third-order valence-corrected chi connectivity index (χ3v) is 3.23. The van der Waals surface area contributed by atoms with Crippen LogP contribution in [0, 0.1) is 5.82 Å². The maximum Gasteiger partial charge on any atom is 0.142 e. The Bertz CT molecular complexity index is 434. The van der Waals surface area contributed by atoms with E-state index in [1.165, 1.54) is 12.1 Å². The number of hydrogen-bond acceptors (Lipinski definition) is 2. The summed E-state index contributed by atoms with van der Waals surface area (Å²) in [4.78, 5) is 11.3. The van der Waals surface area contributed by atoms with Gasteiger partial charge < -0.3 is 4.74 Å². The minimum Gasteiger partial charge on any atom is -0.372 e. The Kier molecular flexibility index (Phi) is 3.47. The smallest absolute Gasteiger partial charge is 0.142 e. The summed E-state index contributed by atoms with van der Waals surface area (Å²) in [5, 5.41) is 0.262. The Balaban J connectivity index is 2.39. The summed E-state index contributed by atoms with van der Waals surface area (Å²) in [6.45, 7) is 0.326. The molecule has 1 aliphatic heterocycles. The van der Waals surface area contributed by atoms with Gasteiger partial charge in [0.15, 0.2) is 0 Å². The molecule has 86 valence electrons. The van der Waals surface area contributed by atoms with E-state index in [0.29, 0.717) is 23.6 Å². The summed E-state index contributed by atoms with van der Waals surface area (Å²) in [5.74, 6) is -0.477. The van der Waals surface area contributed by atoms with Crippen molar-refractivity contribution in [3.8, 4) is 0 Å². The van der Waals surface area contributed by atoms with Crippen LogP contribution in [0.15, 0.2) is 12.1 Å². The van der Waals surface area contributed by atoms with Gasteiger partial charge in [0.25, 0.3) is 0 Å². The fraction of sp³-hybridized carbons (Fsp3) is 0.364. The molecule has 0 spiro atoms. The Morgan fingerprint density at radius 1 is 1.38 bits per heavy atom. The zero-order valence-electron chi connectivity index (χ0n) is 8.30. The highest BCUT2D eigenvalue weighted by Gasteiger charge is 2.26. The van der Waals surface area contributed by atoms with E-state index < -0.39 is 11.9 Å². The van der Waals surface area contributed by atoms with Crippen LogP contribution in [0.1, 0.15) is 24.5 Å². The largest absolute Gasteiger partial charge is 0.372 e. The number of halogens is 3. The first-order valence-corrected chi connectivity index (χ1v) is 5.62. The SMILES string of the molecule is O=C1CCOC(c2c(Cl)ccc(F)c2Cl)C1. The lowest BCUT2D eigenvalue weighted by Crippen LogP contribution is -2.20. The molecule has 0 saturated carbocycles. The number of carbonyl (C=O) groups excluding carboxylic acids is 1. The Morgan fingerprint density at radius 3 is 2.81 bits per heavy atom. The molecule has 0 bridgehead atoms. The molecule has 0 N–H and O–H groups in total. The summed E-state index contributed by atoms with van der Waals surface area (Å²) in [6.07, 6.45) is 0.0566. The van der Waals surface area contributed by atoms with Gasteiger partial charge in [-0.3, -0.25) is 4.79 Å². The van der Waals surface area contributed by atoms with Crippen LogP contribution in [-0.4, -0.2) is 12.4 Å². The molecular weight excluding hydrogens is 254 g/mol. The monoisotopic (exact) mass is 262 g/mol. The standard InChI is InChI=1S/C11H9Cl2FO2/c12-7-1-2-8(14)11(13)10(7)9-5-6(15)3-4-16-9/h1-2,9H,3-5H2. The molecule has 1 unspecified atom stereocenters. The first-order chi connectivity index (χ1) is 7.59. The van der Waals surface area contributed by atoms with Gasteiger partial charge in [-0.25, -0.2) is 4.39 Å². The molecule has 16 heavy (non-hydrogen) atoms. The highest BCUT2D eigenvalue weighted by molar-refractivity contribution is 6.36. The maximum absolute atomic E-state index is 13.3. The zero-order chi connectivity index (χ0) is 11.7. The number of Topliss-reactive ketones (excluding diaryl/α,β-unsaturated/α-hetero) is 1. The van der Waals surface area contributed by atoms with Crippen molar-refractivity contribution in [2.45, 2.75) is 18.9 Å². The number of hydrogen-bond donors (Lipinski definition) is 0. The fourth-order valence-electron chi connectivity index (χ4n) is 1.71. The summed E-state index contributed by atoms with van der Waals surface area (Å²) in [6, 6.07) is 2.61. The third kappa shape index (κ3) is 2.21. The third-order valence-electron chi connectivity index (χ3n) is 2.51. The maximum atomic E-state index is 13.3. The second-order valence-electron chi connectivity index (χ2n) is 3.61. The average molecular weight is 263 g/mol. The predicted molar refractivity (Wildman–Crippen MR) is 59.4 cm³/mol. The van der Waals surface area contributed by atoms with Gasteiger partial charge >= 0.3 is 0 Å². The van der Waals surface area contributed by atoms with Gasteiger partial charge in [-0.05, 0) is 12.1 Å². The lowest BCUT2D eigenvalue weighted by Gasteiger charge is -2.23. The quantitative estimate of drug-likeness (QED) is 0.724. The molecule has 1 fully saturated rings. The van der Waals surface area contributed by atoms with Crippen LogP contribution in [0.4, 0.5) is 4.39 Å². The van der Waals surface area contributed by atoms with Crippen molar-refractivity contribution >= 4 is 29.0 Å². The van der Waals surface area contributed by atoms with E-state index in [-0.39, 0.29) is 17.2 Å². The topological polar surface area (TPSA) is 26.3 Å². The van der Waals surface area contributed by atoms with Gasteiger partial charge in [-0.15, -0.1) is 0 Å². The molecule has 0 radical (unpaired) electrons. The molecule has 0 amide bonds. The second kappa shape index (κ2) is 4.70. The second-order valence-corrected chi connectivity index (χ2v) is 4.39. The van der Waals surface area contributed by atoms with Crippen molar-refractivity contribution in [3.05, 3.63) is 33.6 Å². The number of benzene rings is 1. The molecule has 2 nitrogen and oxygen atoms in total. The fourth-order valence-corrected chi connectivity index (χ4v) is 2.32. The highest BCUT2D eigenvalue weighted by Crippen LogP contribution is 2.37. The molecular formula is C11H9Cl2FO2. The molecule has 1 saturated heterocycles. The van der Waals surface area contributed by atoms with Crippen LogP contribution < -0.4 is 0 Å². The van der Waals surface area contributed by atoms with E-state index in [1.54, 1.807) is 0 Å². The first kappa shape index (κ1) is 11.8. The minimum atomic E-state index is -0.553. The van der Waals surface area contributed by atoms with Crippen LogP contribution in [0.25, 0.3) is 0 Å². The van der Waals surface area contributed by atoms with Crippen molar-refractivity contribution in [2.75, 3.05) is 6.61 Å². The lowest BCUT2D eigenvalue weighted by atomic mass is 10.0. The first-order valence-electron chi connectivity index (χ1n) is 4.86. The van der Waals surface area contributed by atoms with E-state index in [2.05, 4.69) is 0 Å². The normalized spacial score (nSPS) is 21.2. The minimum absolute atomic E-state index is 0.0628. The van der Waals surface area contributed by atoms with Gasteiger partial charge in [0.05, 0.1) is 17.7 Å². The lowest BCUT2D eigenvalue weighted by molar-refractivity contribution is -0.128. The van der Waals surface area contributed by atoms with E-state index in [9.17, 15) is 9.18 Å². The summed E-state index contributed by atoms with van der Waals surface area (Å²) in [7, 11) is 0. The van der Waals surface area contributed by atoms with E-state index in [0.717, 1.165) is 0 Å². The zero-order valence-corrected chi connectivity index (χ0v) is 9.82. The number of rotatable bonds is 1. The number of ether oxygens (including phenoxy) is 1. The molecule has 0 aliphatic carbocycles. The van der Waals surface area contributed by atoms with Crippen molar-refractivity contribution in [3.63, 3.8) is 0 Å².